The Morgan fingerprint density at radius 1 is 1.38 bits per heavy atom. The molecule has 0 aromatic carbocycles. The average Bonchev–Trinajstić information content (AvgIpc) is 2.35. The van der Waals surface area contributed by atoms with Crippen molar-refractivity contribution in [2.45, 2.75) is 39.2 Å². The van der Waals surface area contributed by atoms with Gasteiger partial charge in [0.1, 0.15) is 5.54 Å². The molecule has 0 spiro atoms. The van der Waals surface area contributed by atoms with E-state index in [1.807, 2.05) is 0 Å². The Kier molecular flexibility index (Phi) is 4.35. The van der Waals surface area contributed by atoms with E-state index in [-0.39, 0.29) is 11.9 Å². The molecular weight excluding hydrogens is 272 g/mol. The summed E-state index contributed by atoms with van der Waals surface area (Å²) >= 11 is 3.39. The lowest BCUT2D eigenvalue weighted by Gasteiger charge is -2.17. The SMILES string of the molecule is CC(CCBr)CCN1C(=O)NC(C)(C)C1=O. The fourth-order valence-electron chi connectivity index (χ4n) is 1.70. The van der Waals surface area contributed by atoms with E-state index in [0.717, 1.165) is 18.2 Å². The molecule has 0 radical (unpaired) electrons. The zero-order chi connectivity index (χ0) is 12.3. The molecule has 1 rings (SSSR count). The highest BCUT2D eigenvalue weighted by Gasteiger charge is 2.43. The molecule has 1 atom stereocenters. The fourth-order valence-corrected chi connectivity index (χ4v) is 2.48. The second-order valence-corrected chi connectivity index (χ2v) is 5.68. The number of hydrogen-bond donors (Lipinski definition) is 1. The van der Waals surface area contributed by atoms with E-state index >= 15 is 0 Å². The number of halogens is 1. The summed E-state index contributed by atoms with van der Waals surface area (Å²) in [5, 5.41) is 3.64. The van der Waals surface area contributed by atoms with Gasteiger partial charge >= 0.3 is 6.03 Å². The van der Waals surface area contributed by atoms with Crippen LogP contribution < -0.4 is 5.32 Å². The van der Waals surface area contributed by atoms with Gasteiger partial charge in [-0.15, -0.1) is 0 Å². The average molecular weight is 291 g/mol. The summed E-state index contributed by atoms with van der Waals surface area (Å²) in [6.45, 7) is 6.11. The third-order valence-electron chi connectivity index (χ3n) is 2.89. The summed E-state index contributed by atoms with van der Waals surface area (Å²) in [6.07, 6.45) is 1.92. The van der Waals surface area contributed by atoms with Crippen LogP contribution in [-0.2, 0) is 4.79 Å². The van der Waals surface area contributed by atoms with Crippen LogP contribution in [0.4, 0.5) is 4.79 Å². The zero-order valence-corrected chi connectivity index (χ0v) is 11.6. The minimum Gasteiger partial charge on any atom is -0.324 e. The van der Waals surface area contributed by atoms with Gasteiger partial charge in [0, 0.05) is 11.9 Å². The van der Waals surface area contributed by atoms with Gasteiger partial charge in [-0.1, -0.05) is 22.9 Å². The van der Waals surface area contributed by atoms with Gasteiger partial charge in [0.25, 0.3) is 5.91 Å². The minimum atomic E-state index is -0.740. The molecule has 92 valence electrons. The van der Waals surface area contributed by atoms with Crippen LogP contribution >= 0.6 is 15.9 Å². The number of amides is 3. The maximum atomic E-state index is 11.8. The Balaban J connectivity index is 2.49. The normalized spacial score (nSPS) is 21.1. The first-order valence-electron chi connectivity index (χ1n) is 5.58. The molecule has 1 aliphatic heterocycles. The molecule has 0 bridgehead atoms. The third kappa shape index (κ3) is 2.97. The lowest BCUT2D eigenvalue weighted by atomic mass is 10.0. The predicted octanol–water partition coefficient (Wildman–Crippen LogP) is 2.13. The molecule has 16 heavy (non-hydrogen) atoms. The van der Waals surface area contributed by atoms with Gasteiger partial charge in [-0.2, -0.15) is 0 Å². The molecule has 0 aromatic heterocycles. The molecule has 3 amide bonds. The highest BCUT2D eigenvalue weighted by molar-refractivity contribution is 9.09. The second kappa shape index (κ2) is 5.17. The molecule has 1 fully saturated rings. The highest BCUT2D eigenvalue weighted by Crippen LogP contribution is 2.18. The minimum absolute atomic E-state index is 0.122. The molecule has 0 aliphatic carbocycles. The van der Waals surface area contributed by atoms with Gasteiger partial charge < -0.3 is 5.32 Å². The standard InChI is InChI=1S/C11H19BrN2O2/c1-8(4-6-12)5-7-14-9(15)11(2,3)13-10(14)16/h8H,4-7H2,1-3H3,(H,13,16). The first-order chi connectivity index (χ1) is 7.38. The molecule has 1 heterocycles. The Morgan fingerprint density at radius 3 is 2.44 bits per heavy atom. The van der Waals surface area contributed by atoms with Gasteiger partial charge in [-0.05, 0) is 32.6 Å². The summed E-state index contributed by atoms with van der Waals surface area (Å²) in [7, 11) is 0. The second-order valence-electron chi connectivity index (χ2n) is 4.88. The molecule has 0 saturated carbocycles. The van der Waals surface area contributed by atoms with E-state index < -0.39 is 5.54 Å². The van der Waals surface area contributed by atoms with Crippen LogP contribution in [0.2, 0.25) is 0 Å². The van der Waals surface area contributed by atoms with Crippen LogP contribution in [0, 0.1) is 5.92 Å². The maximum absolute atomic E-state index is 11.8. The van der Waals surface area contributed by atoms with Crippen LogP contribution in [0.3, 0.4) is 0 Å². The first-order valence-corrected chi connectivity index (χ1v) is 6.70. The number of hydrogen-bond acceptors (Lipinski definition) is 2. The highest BCUT2D eigenvalue weighted by atomic mass is 79.9. The van der Waals surface area contributed by atoms with Gasteiger partial charge in [-0.3, -0.25) is 9.69 Å². The third-order valence-corrected chi connectivity index (χ3v) is 3.35. The lowest BCUT2D eigenvalue weighted by Crippen LogP contribution is -2.40. The van der Waals surface area contributed by atoms with Gasteiger partial charge in [0.15, 0.2) is 0 Å². The van der Waals surface area contributed by atoms with Crippen LogP contribution in [-0.4, -0.2) is 34.3 Å². The van der Waals surface area contributed by atoms with Crippen molar-refractivity contribution in [3.8, 4) is 0 Å². The summed E-state index contributed by atoms with van der Waals surface area (Å²) < 4.78 is 0. The quantitative estimate of drug-likeness (QED) is 0.623. The van der Waals surface area contributed by atoms with E-state index in [0.29, 0.717) is 12.5 Å². The molecular formula is C11H19BrN2O2. The van der Waals surface area contributed by atoms with Crippen molar-refractivity contribution < 1.29 is 9.59 Å². The van der Waals surface area contributed by atoms with Crippen molar-refractivity contribution in [1.29, 1.82) is 0 Å². The van der Waals surface area contributed by atoms with E-state index in [9.17, 15) is 9.59 Å². The van der Waals surface area contributed by atoms with Crippen molar-refractivity contribution in [2.24, 2.45) is 5.92 Å². The number of carbonyl (C=O) groups excluding carboxylic acids is 2. The first kappa shape index (κ1) is 13.5. The summed E-state index contributed by atoms with van der Waals surface area (Å²) in [4.78, 5) is 24.7. The molecule has 1 unspecified atom stereocenters. The number of alkyl halides is 1. The van der Waals surface area contributed by atoms with Gasteiger partial charge in [0.05, 0.1) is 0 Å². The molecule has 1 saturated heterocycles. The van der Waals surface area contributed by atoms with E-state index in [1.165, 1.54) is 4.90 Å². The number of nitrogens with one attached hydrogen (secondary N) is 1. The Bertz CT molecular complexity index is 292. The monoisotopic (exact) mass is 290 g/mol. The molecule has 4 nitrogen and oxygen atoms in total. The number of carbonyl (C=O) groups is 2. The summed E-state index contributed by atoms with van der Waals surface area (Å²) in [6, 6.07) is -0.263. The lowest BCUT2D eigenvalue weighted by molar-refractivity contribution is -0.130. The van der Waals surface area contributed by atoms with Crippen LogP contribution in [0.1, 0.15) is 33.6 Å². The molecule has 1 aliphatic rings. The van der Waals surface area contributed by atoms with Crippen LogP contribution in [0.25, 0.3) is 0 Å². The largest absolute Gasteiger partial charge is 0.325 e. The van der Waals surface area contributed by atoms with Crippen molar-refractivity contribution in [3.63, 3.8) is 0 Å². The van der Waals surface area contributed by atoms with Crippen molar-refractivity contribution in [2.75, 3.05) is 11.9 Å². The Labute approximate surface area is 105 Å². The summed E-state index contributed by atoms with van der Waals surface area (Å²) in [5.74, 6) is 0.396. The maximum Gasteiger partial charge on any atom is 0.325 e. The van der Waals surface area contributed by atoms with Gasteiger partial charge in [0.2, 0.25) is 0 Å². The number of imide groups is 1. The number of rotatable bonds is 5. The predicted molar refractivity (Wildman–Crippen MR) is 66.5 cm³/mol. The van der Waals surface area contributed by atoms with Crippen molar-refractivity contribution in [1.82, 2.24) is 10.2 Å². The molecule has 5 heteroatoms. The Morgan fingerprint density at radius 2 is 2.00 bits per heavy atom. The summed E-state index contributed by atoms with van der Waals surface area (Å²) in [5.41, 5.74) is -0.740. The van der Waals surface area contributed by atoms with Crippen molar-refractivity contribution in [3.05, 3.63) is 0 Å². The molecule has 1 N–H and O–H groups in total. The van der Waals surface area contributed by atoms with Crippen molar-refractivity contribution >= 4 is 27.9 Å². The number of nitrogens with zero attached hydrogens (tertiary/aromatic N) is 1. The van der Waals surface area contributed by atoms with E-state index in [4.69, 9.17) is 0 Å². The smallest absolute Gasteiger partial charge is 0.324 e. The zero-order valence-electron chi connectivity index (χ0n) is 10.0. The van der Waals surface area contributed by atoms with Crippen LogP contribution in [0.5, 0.6) is 0 Å². The fraction of sp³-hybridized carbons (Fsp3) is 0.818. The van der Waals surface area contributed by atoms with Gasteiger partial charge in [-0.25, -0.2) is 4.79 Å². The van der Waals surface area contributed by atoms with Crippen LogP contribution in [0.15, 0.2) is 0 Å². The Hall–Kier alpha value is -0.580. The molecule has 0 aromatic rings. The number of urea groups is 1. The van der Waals surface area contributed by atoms with E-state index in [1.54, 1.807) is 13.8 Å². The van der Waals surface area contributed by atoms with E-state index in [2.05, 4.69) is 28.2 Å². The topological polar surface area (TPSA) is 49.4 Å².